The van der Waals surface area contributed by atoms with Crippen LogP contribution in [0.2, 0.25) is 0 Å². The van der Waals surface area contributed by atoms with Crippen molar-refractivity contribution in [1.82, 2.24) is 9.97 Å². The van der Waals surface area contributed by atoms with E-state index in [0.29, 0.717) is 17.5 Å². The van der Waals surface area contributed by atoms with Crippen LogP contribution < -0.4 is 20.1 Å². The van der Waals surface area contributed by atoms with Crippen LogP contribution in [0.25, 0.3) is 0 Å². The smallest absolute Gasteiger partial charge is 0.146 e. The average Bonchev–Trinajstić information content (AvgIpc) is 2.54. The van der Waals surface area contributed by atoms with Gasteiger partial charge in [-0.3, -0.25) is 0 Å². The molecule has 130 valence electrons. The van der Waals surface area contributed by atoms with Gasteiger partial charge in [0.15, 0.2) is 0 Å². The highest BCUT2D eigenvalue weighted by atomic mass is 16.5. The molecule has 6 heteroatoms. The first-order valence-corrected chi connectivity index (χ1v) is 8.10. The molecule has 1 aromatic carbocycles. The topological polar surface area (TPSA) is 68.3 Å². The number of hydrogen-bond donors (Lipinski definition) is 2. The largest absolute Gasteiger partial charge is 0.497 e. The second kappa shape index (κ2) is 8.38. The molecule has 0 fully saturated rings. The Morgan fingerprint density at radius 2 is 1.79 bits per heavy atom. The highest BCUT2D eigenvalue weighted by Crippen LogP contribution is 2.31. The molecular formula is C18H26N4O2. The van der Waals surface area contributed by atoms with Gasteiger partial charge in [0.2, 0.25) is 0 Å². The number of anilines is 3. The standard InChI is InChI=1S/C18H26N4O2/c1-12(2)8-9-19-17-11-18(21-13(3)20-17)22-15-7-6-14(23-4)10-16(15)24-5/h6-7,10-12H,8-9H2,1-5H3,(H2,19,20,21,22). The number of aromatic nitrogens is 2. The molecule has 2 N–H and O–H groups in total. The normalized spacial score (nSPS) is 10.6. The van der Waals surface area contributed by atoms with Crippen LogP contribution in [0.1, 0.15) is 26.1 Å². The molecule has 0 aliphatic heterocycles. The zero-order valence-electron chi connectivity index (χ0n) is 15.0. The van der Waals surface area contributed by atoms with Crippen molar-refractivity contribution in [3.63, 3.8) is 0 Å². The minimum atomic E-state index is 0.654. The van der Waals surface area contributed by atoms with Crippen LogP contribution in [-0.4, -0.2) is 30.7 Å². The highest BCUT2D eigenvalue weighted by molar-refractivity contribution is 5.67. The van der Waals surface area contributed by atoms with E-state index in [2.05, 4.69) is 34.4 Å². The Hall–Kier alpha value is -2.50. The number of hydrogen-bond acceptors (Lipinski definition) is 6. The number of rotatable bonds is 8. The third kappa shape index (κ3) is 5.01. The van der Waals surface area contributed by atoms with Crippen LogP contribution in [0.3, 0.4) is 0 Å². The average molecular weight is 330 g/mol. The van der Waals surface area contributed by atoms with Crippen molar-refractivity contribution >= 4 is 17.3 Å². The maximum absolute atomic E-state index is 5.41. The quantitative estimate of drug-likeness (QED) is 0.762. The predicted octanol–water partition coefficient (Wildman–Crippen LogP) is 4.00. The summed E-state index contributed by atoms with van der Waals surface area (Å²) in [6.07, 6.45) is 1.10. The van der Waals surface area contributed by atoms with E-state index in [1.807, 2.05) is 31.2 Å². The van der Waals surface area contributed by atoms with Crippen molar-refractivity contribution in [3.05, 3.63) is 30.1 Å². The third-order valence-corrected chi connectivity index (χ3v) is 3.54. The molecular weight excluding hydrogens is 304 g/mol. The summed E-state index contributed by atoms with van der Waals surface area (Å²) < 4.78 is 10.6. The van der Waals surface area contributed by atoms with Gasteiger partial charge in [-0.1, -0.05) is 13.8 Å². The second-order valence-electron chi connectivity index (χ2n) is 5.99. The first-order chi connectivity index (χ1) is 11.5. The highest BCUT2D eigenvalue weighted by Gasteiger charge is 2.08. The van der Waals surface area contributed by atoms with Gasteiger partial charge >= 0.3 is 0 Å². The molecule has 0 saturated carbocycles. The Kier molecular flexibility index (Phi) is 6.23. The zero-order chi connectivity index (χ0) is 17.5. The molecule has 0 bridgehead atoms. The number of nitrogens with zero attached hydrogens (tertiary/aromatic N) is 2. The van der Waals surface area contributed by atoms with Crippen LogP contribution in [-0.2, 0) is 0 Å². The summed E-state index contributed by atoms with van der Waals surface area (Å²) in [6, 6.07) is 7.51. The van der Waals surface area contributed by atoms with Gasteiger partial charge in [-0.25, -0.2) is 9.97 Å². The van der Waals surface area contributed by atoms with Crippen LogP contribution >= 0.6 is 0 Å². The summed E-state index contributed by atoms with van der Waals surface area (Å²) >= 11 is 0. The monoisotopic (exact) mass is 330 g/mol. The predicted molar refractivity (Wildman–Crippen MR) is 97.5 cm³/mol. The summed E-state index contributed by atoms with van der Waals surface area (Å²) in [5.74, 6) is 4.34. The van der Waals surface area contributed by atoms with Gasteiger partial charge in [-0.2, -0.15) is 0 Å². The molecule has 2 aromatic rings. The van der Waals surface area contributed by atoms with Gasteiger partial charge in [0.05, 0.1) is 19.9 Å². The van der Waals surface area contributed by atoms with Gasteiger partial charge in [0, 0.05) is 18.7 Å². The van der Waals surface area contributed by atoms with Crippen LogP contribution in [0.5, 0.6) is 11.5 Å². The summed E-state index contributed by atoms with van der Waals surface area (Å²) in [7, 11) is 3.26. The van der Waals surface area contributed by atoms with E-state index in [1.165, 1.54) is 0 Å². The van der Waals surface area contributed by atoms with Gasteiger partial charge in [0.1, 0.15) is 29.0 Å². The number of nitrogens with one attached hydrogen (secondary N) is 2. The lowest BCUT2D eigenvalue weighted by Crippen LogP contribution is -2.08. The van der Waals surface area contributed by atoms with Crippen molar-refractivity contribution in [1.29, 1.82) is 0 Å². The van der Waals surface area contributed by atoms with Crippen molar-refractivity contribution < 1.29 is 9.47 Å². The molecule has 0 amide bonds. The summed E-state index contributed by atoms with van der Waals surface area (Å²) in [4.78, 5) is 8.87. The van der Waals surface area contributed by atoms with Gasteiger partial charge < -0.3 is 20.1 Å². The van der Waals surface area contributed by atoms with E-state index in [0.717, 1.165) is 36.0 Å². The lowest BCUT2D eigenvalue weighted by atomic mass is 10.1. The summed E-state index contributed by atoms with van der Waals surface area (Å²) in [5, 5.41) is 6.63. The molecule has 0 atom stereocenters. The number of benzene rings is 1. The minimum Gasteiger partial charge on any atom is -0.497 e. The van der Waals surface area contributed by atoms with Gasteiger partial charge in [-0.15, -0.1) is 0 Å². The van der Waals surface area contributed by atoms with E-state index in [9.17, 15) is 0 Å². The van der Waals surface area contributed by atoms with Crippen LogP contribution in [0.15, 0.2) is 24.3 Å². The summed E-state index contributed by atoms with van der Waals surface area (Å²) in [5.41, 5.74) is 0.824. The SMILES string of the molecule is COc1ccc(Nc2cc(NCCC(C)C)nc(C)n2)c(OC)c1. The van der Waals surface area contributed by atoms with Crippen molar-refractivity contribution in [2.24, 2.45) is 5.92 Å². The number of aryl methyl sites for hydroxylation is 1. The maximum Gasteiger partial charge on any atom is 0.146 e. The Morgan fingerprint density at radius 3 is 2.46 bits per heavy atom. The minimum absolute atomic E-state index is 0.654. The molecule has 1 aromatic heterocycles. The molecule has 2 rings (SSSR count). The molecule has 0 saturated heterocycles. The first kappa shape index (κ1) is 17.8. The van der Waals surface area contributed by atoms with E-state index < -0.39 is 0 Å². The molecule has 6 nitrogen and oxygen atoms in total. The fraction of sp³-hybridized carbons (Fsp3) is 0.444. The molecule has 24 heavy (non-hydrogen) atoms. The van der Waals surface area contributed by atoms with Gasteiger partial charge in [0.25, 0.3) is 0 Å². The molecule has 0 aliphatic rings. The molecule has 1 heterocycles. The fourth-order valence-electron chi connectivity index (χ4n) is 2.25. The molecule has 0 aliphatic carbocycles. The van der Waals surface area contributed by atoms with Crippen LogP contribution in [0.4, 0.5) is 17.3 Å². The Morgan fingerprint density at radius 1 is 1.04 bits per heavy atom. The Labute approximate surface area is 143 Å². The fourth-order valence-corrected chi connectivity index (χ4v) is 2.25. The van der Waals surface area contributed by atoms with E-state index >= 15 is 0 Å². The van der Waals surface area contributed by atoms with E-state index in [1.54, 1.807) is 14.2 Å². The van der Waals surface area contributed by atoms with Crippen molar-refractivity contribution in [2.45, 2.75) is 27.2 Å². The zero-order valence-corrected chi connectivity index (χ0v) is 15.0. The molecule has 0 spiro atoms. The number of methoxy groups -OCH3 is 2. The summed E-state index contributed by atoms with van der Waals surface area (Å²) in [6.45, 7) is 7.18. The molecule has 0 radical (unpaired) electrons. The van der Waals surface area contributed by atoms with E-state index in [-0.39, 0.29) is 0 Å². The van der Waals surface area contributed by atoms with Crippen LogP contribution in [0, 0.1) is 12.8 Å². The number of ether oxygens (including phenoxy) is 2. The first-order valence-electron chi connectivity index (χ1n) is 8.10. The Balaban J connectivity index is 2.16. The lowest BCUT2D eigenvalue weighted by molar-refractivity contribution is 0.395. The van der Waals surface area contributed by atoms with E-state index in [4.69, 9.17) is 9.47 Å². The third-order valence-electron chi connectivity index (χ3n) is 3.54. The van der Waals surface area contributed by atoms with Gasteiger partial charge in [-0.05, 0) is 31.4 Å². The van der Waals surface area contributed by atoms with Crippen molar-refractivity contribution in [2.75, 3.05) is 31.4 Å². The lowest BCUT2D eigenvalue weighted by Gasteiger charge is -2.14. The van der Waals surface area contributed by atoms with Crippen molar-refractivity contribution in [3.8, 4) is 11.5 Å². The maximum atomic E-state index is 5.41. The second-order valence-corrected chi connectivity index (χ2v) is 5.99. The Bertz CT molecular complexity index is 674. The molecule has 0 unspecified atom stereocenters.